The van der Waals surface area contributed by atoms with Crippen molar-refractivity contribution in [3.8, 4) is 0 Å². The number of likely N-dealkylation sites (tertiary alicyclic amines) is 1. The number of aliphatic imine (C=N–C) groups is 1. The number of carbonyl (C=O) groups excluding carboxylic acids is 1. The maximum absolute atomic E-state index is 11.9. The monoisotopic (exact) mass is 486 g/mol. The lowest BCUT2D eigenvalue weighted by Gasteiger charge is -2.25. The van der Waals surface area contributed by atoms with E-state index in [4.69, 9.17) is 4.99 Å². The maximum atomic E-state index is 11.9. The minimum atomic E-state index is -0.0335. The second-order valence-corrected chi connectivity index (χ2v) is 7.77. The molecule has 1 aromatic rings. The highest BCUT2D eigenvalue weighted by Crippen LogP contribution is 2.24. The van der Waals surface area contributed by atoms with Crippen LogP contribution in [-0.2, 0) is 10.2 Å². The smallest absolute Gasteiger partial charge is 0.222 e. The van der Waals surface area contributed by atoms with E-state index in [1.54, 1.807) is 0 Å². The van der Waals surface area contributed by atoms with Crippen molar-refractivity contribution in [3.05, 3.63) is 35.4 Å². The van der Waals surface area contributed by atoms with Gasteiger partial charge in [0.1, 0.15) is 0 Å². The first kappa shape index (κ1) is 23.7. The molecule has 1 amide bonds. The average Bonchev–Trinajstić information content (AvgIpc) is 3.08. The van der Waals surface area contributed by atoms with Gasteiger partial charge >= 0.3 is 0 Å². The molecule has 1 unspecified atom stereocenters. The maximum Gasteiger partial charge on any atom is 0.222 e. The predicted molar refractivity (Wildman–Crippen MR) is 124 cm³/mol. The minimum Gasteiger partial charge on any atom is -0.357 e. The van der Waals surface area contributed by atoms with Crippen LogP contribution in [0.3, 0.4) is 0 Å². The Balaban J connectivity index is 0.00000364. The minimum absolute atomic E-state index is 0. The number of rotatable bonds is 6. The molecule has 6 heteroatoms. The van der Waals surface area contributed by atoms with E-state index in [0.29, 0.717) is 13.0 Å². The molecule has 2 rings (SSSR count). The number of carbonyl (C=O) groups is 1. The van der Waals surface area contributed by atoms with E-state index in [1.807, 2.05) is 11.8 Å². The summed E-state index contributed by atoms with van der Waals surface area (Å²) in [6.45, 7) is 13.7. The Hall–Kier alpha value is -1.31. The Morgan fingerprint density at radius 2 is 2.07 bits per heavy atom. The van der Waals surface area contributed by atoms with Crippen LogP contribution < -0.4 is 10.6 Å². The van der Waals surface area contributed by atoms with Gasteiger partial charge in [-0.1, -0.05) is 50.6 Å². The number of nitrogens with zero attached hydrogens (tertiary/aromatic N) is 2. The fourth-order valence-corrected chi connectivity index (χ4v) is 3.28. The van der Waals surface area contributed by atoms with Gasteiger partial charge in [0.05, 0.1) is 6.54 Å². The van der Waals surface area contributed by atoms with E-state index >= 15 is 0 Å². The first-order valence-corrected chi connectivity index (χ1v) is 9.75. The Kier molecular flexibility index (Phi) is 9.56. The molecule has 0 saturated carbocycles. The van der Waals surface area contributed by atoms with Crippen LogP contribution in [0.5, 0.6) is 0 Å². The summed E-state index contributed by atoms with van der Waals surface area (Å²) in [6, 6.07) is 8.91. The second kappa shape index (κ2) is 10.9. The highest BCUT2D eigenvalue weighted by Gasteiger charge is 2.26. The van der Waals surface area contributed by atoms with Crippen LogP contribution in [0.2, 0.25) is 0 Å². The van der Waals surface area contributed by atoms with Crippen LogP contribution in [0.25, 0.3) is 0 Å². The molecular weight excluding hydrogens is 451 g/mol. The Morgan fingerprint density at radius 3 is 2.70 bits per heavy atom. The highest BCUT2D eigenvalue weighted by molar-refractivity contribution is 14.0. The number of aryl methyl sites for hydroxylation is 1. The summed E-state index contributed by atoms with van der Waals surface area (Å²) >= 11 is 0. The number of hydrogen-bond donors (Lipinski definition) is 2. The summed E-state index contributed by atoms with van der Waals surface area (Å²) in [5.74, 6) is 1.07. The normalized spacial score (nSPS) is 17.4. The zero-order valence-electron chi connectivity index (χ0n) is 17.3. The van der Waals surface area contributed by atoms with Gasteiger partial charge in [0, 0.05) is 37.5 Å². The molecule has 2 N–H and O–H groups in total. The van der Waals surface area contributed by atoms with Crippen molar-refractivity contribution in [1.82, 2.24) is 15.5 Å². The number of guanidine groups is 1. The van der Waals surface area contributed by atoms with Crippen molar-refractivity contribution in [2.24, 2.45) is 4.99 Å². The van der Waals surface area contributed by atoms with E-state index in [2.05, 4.69) is 62.6 Å². The molecule has 0 aromatic heterocycles. The Labute approximate surface area is 181 Å². The van der Waals surface area contributed by atoms with E-state index < -0.39 is 0 Å². The molecule has 1 aliphatic heterocycles. The van der Waals surface area contributed by atoms with Crippen LogP contribution in [0, 0.1) is 6.92 Å². The van der Waals surface area contributed by atoms with Crippen molar-refractivity contribution < 1.29 is 4.79 Å². The quantitative estimate of drug-likeness (QED) is 0.368. The molecule has 152 valence electrons. The molecule has 0 radical (unpaired) electrons. The van der Waals surface area contributed by atoms with Gasteiger partial charge in [-0.05, 0) is 25.8 Å². The number of halogens is 1. The van der Waals surface area contributed by atoms with Gasteiger partial charge in [-0.15, -0.1) is 24.0 Å². The third-order valence-corrected chi connectivity index (χ3v) is 4.96. The highest BCUT2D eigenvalue weighted by atomic mass is 127. The molecule has 0 bridgehead atoms. The second-order valence-electron chi connectivity index (χ2n) is 7.77. The zero-order chi connectivity index (χ0) is 19.2. The molecule has 1 fully saturated rings. The molecule has 1 aliphatic rings. The van der Waals surface area contributed by atoms with Gasteiger partial charge in [-0.25, -0.2) is 0 Å². The van der Waals surface area contributed by atoms with Crippen molar-refractivity contribution in [1.29, 1.82) is 0 Å². The van der Waals surface area contributed by atoms with Crippen LogP contribution >= 0.6 is 24.0 Å². The number of hydrogen-bond acceptors (Lipinski definition) is 2. The standard InChI is InChI=1S/C21H34N4O.HI/c1-6-19(26)25-12-11-18(14-25)24-20(22-7-2)23-15-21(4,5)17-10-8-9-16(3)13-17;/h8-10,13,18H,6-7,11-12,14-15H2,1-5H3,(H2,22,23,24);1H. The topological polar surface area (TPSA) is 56.7 Å². The summed E-state index contributed by atoms with van der Waals surface area (Å²) < 4.78 is 0. The van der Waals surface area contributed by atoms with Crippen LogP contribution in [0.15, 0.2) is 29.3 Å². The predicted octanol–water partition coefficient (Wildman–Crippen LogP) is 3.46. The van der Waals surface area contributed by atoms with Gasteiger partial charge < -0.3 is 15.5 Å². The molecule has 27 heavy (non-hydrogen) atoms. The third-order valence-electron chi connectivity index (χ3n) is 4.96. The SMILES string of the molecule is CCNC(=NCC(C)(C)c1cccc(C)c1)NC1CCN(C(=O)CC)C1.I. The number of benzene rings is 1. The van der Waals surface area contributed by atoms with Crippen LogP contribution in [0.4, 0.5) is 0 Å². The summed E-state index contributed by atoms with van der Waals surface area (Å²) in [6.07, 6.45) is 1.54. The van der Waals surface area contributed by atoms with E-state index in [-0.39, 0.29) is 41.3 Å². The fourth-order valence-electron chi connectivity index (χ4n) is 3.28. The largest absolute Gasteiger partial charge is 0.357 e. The van der Waals surface area contributed by atoms with Gasteiger partial charge in [0.15, 0.2) is 5.96 Å². The fraction of sp³-hybridized carbons (Fsp3) is 0.619. The molecular formula is C21H35IN4O. The van der Waals surface area contributed by atoms with Gasteiger partial charge in [-0.2, -0.15) is 0 Å². The lowest BCUT2D eigenvalue weighted by molar-refractivity contribution is -0.129. The molecule has 1 atom stereocenters. The number of amides is 1. The first-order valence-electron chi connectivity index (χ1n) is 9.75. The van der Waals surface area contributed by atoms with Gasteiger partial charge in [0.2, 0.25) is 5.91 Å². The summed E-state index contributed by atoms with van der Waals surface area (Å²) in [5.41, 5.74) is 2.54. The van der Waals surface area contributed by atoms with Crippen molar-refractivity contribution in [3.63, 3.8) is 0 Å². The Morgan fingerprint density at radius 1 is 1.33 bits per heavy atom. The van der Waals surface area contributed by atoms with Crippen molar-refractivity contribution >= 4 is 35.8 Å². The zero-order valence-corrected chi connectivity index (χ0v) is 19.7. The summed E-state index contributed by atoms with van der Waals surface area (Å²) in [7, 11) is 0. The molecule has 0 spiro atoms. The number of nitrogens with one attached hydrogen (secondary N) is 2. The Bertz CT molecular complexity index is 645. The third kappa shape index (κ3) is 6.97. The van der Waals surface area contributed by atoms with Crippen molar-refractivity contribution in [2.75, 3.05) is 26.2 Å². The van der Waals surface area contributed by atoms with Gasteiger partial charge in [-0.3, -0.25) is 9.79 Å². The lowest BCUT2D eigenvalue weighted by atomic mass is 9.84. The lowest BCUT2D eigenvalue weighted by Crippen LogP contribution is -2.45. The summed E-state index contributed by atoms with van der Waals surface area (Å²) in [5, 5.41) is 6.84. The molecule has 0 aliphatic carbocycles. The van der Waals surface area contributed by atoms with E-state index in [0.717, 1.165) is 32.0 Å². The molecule has 1 saturated heterocycles. The van der Waals surface area contributed by atoms with Crippen LogP contribution in [0.1, 0.15) is 51.7 Å². The first-order chi connectivity index (χ1) is 12.4. The van der Waals surface area contributed by atoms with E-state index in [9.17, 15) is 4.79 Å². The molecule has 1 heterocycles. The van der Waals surface area contributed by atoms with Crippen LogP contribution in [-0.4, -0.2) is 49.0 Å². The van der Waals surface area contributed by atoms with Gasteiger partial charge in [0.25, 0.3) is 0 Å². The van der Waals surface area contributed by atoms with Crippen molar-refractivity contribution in [2.45, 2.75) is 58.9 Å². The average molecular weight is 486 g/mol. The molecule has 5 nitrogen and oxygen atoms in total. The van der Waals surface area contributed by atoms with E-state index in [1.165, 1.54) is 11.1 Å². The summed E-state index contributed by atoms with van der Waals surface area (Å²) in [4.78, 5) is 18.6. The molecule has 1 aromatic carbocycles.